The molecule has 1 aromatic carbocycles. The van der Waals surface area contributed by atoms with Gasteiger partial charge in [-0.25, -0.2) is 14.4 Å². The zero-order chi connectivity index (χ0) is 21.2. The van der Waals surface area contributed by atoms with Gasteiger partial charge in [-0.1, -0.05) is 12.1 Å². The Balaban J connectivity index is 1.36. The highest BCUT2D eigenvalue weighted by atomic mass is 32.1. The number of hydrogen-bond donors (Lipinski definition) is 2. The first kappa shape index (κ1) is 19.6. The Bertz CT molecular complexity index is 1200. The summed E-state index contributed by atoms with van der Waals surface area (Å²) in [7, 11) is 0. The van der Waals surface area contributed by atoms with Gasteiger partial charge in [0.1, 0.15) is 17.9 Å². The molecule has 1 amide bonds. The Morgan fingerprint density at radius 2 is 2.06 bits per heavy atom. The molecule has 0 radical (unpaired) electrons. The molecule has 1 saturated heterocycles. The molecule has 10 heteroatoms. The van der Waals surface area contributed by atoms with Crippen molar-refractivity contribution < 1.29 is 9.18 Å². The number of benzene rings is 1. The summed E-state index contributed by atoms with van der Waals surface area (Å²) in [6.07, 6.45) is 4.97. The summed E-state index contributed by atoms with van der Waals surface area (Å²) in [6.45, 7) is 3.64. The maximum Gasteiger partial charge on any atom is 0.247 e. The van der Waals surface area contributed by atoms with Gasteiger partial charge in [0.2, 0.25) is 5.91 Å². The molecule has 0 spiro atoms. The van der Waals surface area contributed by atoms with Crippen molar-refractivity contribution in [3.8, 4) is 11.1 Å². The molecule has 0 unspecified atom stereocenters. The fourth-order valence-electron chi connectivity index (χ4n) is 3.62. The minimum absolute atomic E-state index is 0.0238. The number of rotatable bonds is 5. The molecule has 1 fully saturated rings. The predicted molar refractivity (Wildman–Crippen MR) is 119 cm³/mol. The molecule has 4 aromatic rings. The lowest BCUT2D eigenvalue weighted by atomic mass is 10.1. The topological polar surface area (TPSA) is 88.0 Å². The lowest BCUT2D eigenvalue weighted by molar-refractivity contribution is -0.116. The van der Waals surface area contributed by atoms with Gasteiger partial charge in [-0.2, -0.15) is 5.10 Å². The third-order valence-electron chi connectivity index (χ3n) is 5.15. The Kier molecular flexibility index (Phi) is 5.31. The number of amides is 1. The molecule has 1 aliphatic rings. The van der Waals surface area contributed by atoms with E-state index in [9.17, 15) is 4.79 Å². The molecular formula is C21H20FN7OS. The Labute approximate surface area is 181 Å². The van der Waals surface area contributed by atoms with E-state index in [4.69, 9.17) is 0 Å². The molecular weight excluding hydrogens is 417 g/mol. The van der Waals surface area contributed by atoms with E-state index in [1.165, 1.54) is 16.0 Å². The van der Waals surface area contributed by atoms with Crippen molar-refractivity contribution in [1.29, 1.82) is 0 Å². The molecule has 0 bridgehead atoms. The molecule has 5 rings (SSSR count). The summed E-state index contributed by atoms with van der Waals surface area (Å²) in [5.74, 6) is 0.201. The van der Waals surface area contributed by atoms with Crippen LogP contribution < -0.4 is 15.5 Å². The highest BCUT2D eigenvalue weighted by Crippen LogP contribution is 2.29. The van der Waals surface area contributed by atoms with Gasteiger partial charge in [-0.05, 0) is 12.1 Å². The maximum atomic E-state index is 15.2. The van der Waals surface area contributed by atoms with Crippen LogP contribution >= 0.6 is 11.3 Å². The van der Waals surface area contributed by atoms with Crippen LogP contribution in [0.1, 0.15) is 0 Å². The predicted octanol–water partition coefficient (Wildman–Crippen LogP) is 2.74. The third kappa shape index (κ3) is 4.12. The van der Waals surface area contributed by atoms with Gasteiger partial charge in [0.05, 0.1) is 0 Å². The standard InChI is InChI=1S/C21H20FN7OS/c22-19-16(14-2-4-17(25-11-14)28-8-5-23-6-9-28)3-1-15-12-29(27-20(15)19)13-18(30)26-21-24-7-10-31-21/h1-4,7,10-12,23H,5-6,8-9,13H2,(H,24,26,30). The highest BCUT2D eigenvalue weighted by molar-refractivity contribution is 7.13. The van der Waals surface area contributed by atoms with E-state index >= 15 is 4.39 Å². The zero-order valence-electron chi connectivity index (χ0n) is 16.6. The van der Waals surface area contributed by atoms with Crippen molar-refractivity contribution in [1.82, 2.24) is 25.1 Å². The zero-order valence-corrected chi connectivity index (χ0v) is 17.4. The van der Waals surface area contributed by atoms with E-state index in [1.807, 2.05) is 12.1 Å². The normalized spacial score (nSPS) is 14.2. The first-order chi connectivity index (χ1) is 15.2. The van der Waals surface area contributed by atoms with Crippen LogP contribution in [0.5, 0.6) is 0 Å². The molecule has 31 heavy (non-hydrogen) atoms. The molecule has 158 valence electrons. The van der Waals surface area contributed by atoms with Crippen molar-refractivity contribution >= 4 is 39.1 Å². The van der Waals surface area contributed by atoms with Gasteiger partial charge in [-0.3, -0.25) is 9.48 Å². The van der Waals surface area contributed by atoms with E-state index in [2.05, 4.69) is 30.6 Å². The van der Waals surface area contributed by atoms with E-state index in [-0.39, 0.29) is 18.0 Å². The highest BCUT2D eigenvalue weighted by Gasteiger charge is 2.16. The van der Waals surface area contributed by atoms with Crippen LogP contribution in [0.3, 0.4) is 0 Å². The number of halogens is 1. The largest absolute Gasteiger partial charge is 0.354 e. The summed E-state index contributed by atoms with van der Waals surface area (Å²) in [4.78, 5) is 22.9. The van der Waals surface area contributed by atoms with E-state index < -0.39 is 5.82 Å². The van der Waals surface area contributed by atoms with Crippen LogP contribution in [-0.4, -0.2) is 51.8 Å². The Morgan fingerprint density at radius 1 is 1.19 bits per heavy atom. The number of nitrogens with one attached hydrogen (secondary N) is 2. The molecule has 8 nitrogen and oxygen atoms in total. The minimum atomic E-state index is -0.423. The van der Waals surface area contributed by atoms with Gasteiger partial charge in [0.15, 0.2) is 10.9 Å². The van der Waals surface area contributed by atoms with Crippen LogP contribution in [-0.2, 0) is 11.3 Å². The first-order valence-corrected chi connectivity index (χ1v) is 10.8. The van der Waals surface area contributed by atoms with Gasteiger partial charge < -0.3 is 15.5 Å². The number of hydrogen-bond acceptors (Lipinski definition) is 7. The summed E-state index contributed by atoms with van der Waals surface area (Å²) in [6, 6.07) is 7.33. The van der Waals surface area contributed by atoms with E-state index in [0.717, 1.165) is 32.0 Å². The lowest BCUT2D eigenvalue weighted by Crippen LogP contribution is -2.43. The average molecular weight is 438 g/mol. The van der Waals surface area contributed by atoms with Crippen LogP contribution in [0.15, 0.2) is 48.2 Å². The molecule has 1 aliphatic heterocycles. The second-order valence-corrected chi connectivity index (χ2v) is 8.11. The number of fused-ring (bicyclic) bond motifs is 1. The molecule has 4 heterocycles. The van der Waals surface area contributed by atoms with Crippen LogP contribution in [0.2, 0.25) is 0 Å². The fraction of sp³-hybridized carbons (Fsp3) is 0.238. The van der Waals surface area contributed by atoms with Gasteiger partial charge in [-0.15, -0.1) is 11.3 Å². The number of aromatic nitrogens is 4. The van der Waals surface area contributed by atoms with Gasteiger partial charge >= 0.3 is 0 Å². The van der Waals surface area contributed by atoms with Gasteiger partial charge in [0, 0.05) is 66.7 Å². The average Bonchev–Trinajstić information content (AvgIpc) is 3.45. The lowest BCUT2D eigenvalue weighted by Gasteiger charge is -2.28. The smallest absolute Gasteiger partial charge is 0.247 e. The number of anilines is 2. The molecule has 2 N–H and O–H groups in total. The SMILES string of the molecule is O=C(Cn1cc2ccc(-c3ccc(N4CCNCC4)nc3)c(F)c2n1)Nc1nccs1. The minimum Gasteiger partial charge on any atom is -0.354 e. The van der Waals surface area contributed by atoms with Crippen LogP contribution in [0, 0.1) is 5.82 Å². The quantitative estimate of drug-likeness (QED) is 0.499. The summed E-state index contributed by atoms with van der Waals surface area (Å²) < 4.78 is 16.7. The fourth-order valence-corrected chi connectivity index (χ4v) is 4.17. The molecule has 3 aromatic heterocycles. The molecule has 0 saturated carbocycles. The number of thiazole rings is 1. The van der Waals surface area contributed by atoms with Crippen LogP contribution in [0.25, 0.3) is 22.0 Å². The number of nitrogens with zero attached hydrogens (tertiary/aromatic N) is 5. The molecule has 0 aliphatic carbocycles. The maximum absolute atomic E-state index is 15.2. The summed E-state index contributed by atoms with van der Waals surface area (Å²) >= 11 is 1.33. The number of carbonyl (C=O) groups is 1. The number of piperazine rings is 1. The van der Waals surface area contributed by atoms with Crippen molar-refractivity contribution in [2.45, 2.75) is 6.54 Å². The van der Waals surface area contributed by atoms with Crippen LogP contribution in [0.4, 0.5) is 15.3 Å². The Hall–Kier alpha value is -3.37. The Morgan fingerprint density at radius 3 is 2.81 bits per heavy atom. The molecule has 0 atom stereocenters. The van der Waals surface area contributed by atoms with Gasteiger partial charge in [0.25, 0.3) is 0 Å². The second kappa shape index (κ2) is 8.40. The number of carbonyl (C=O) groups excluding carboxylic acids is 1. The monoisotopic (exact) mass is 437 g/mol. The second-order valence-electron chi connectivity index (χ2n) is 7.22. The first-order valence-electron chi connectivity index (χ1n) is 9.94. The van der Waals surface area contributed by atoms with Crippen molar-refractivity contribution in [2.24, 2.45) is 0 Å². The van der Waals surface area contributed by atoms with E-state index in [1.54, 1.807) is 36.1 Å². The summed E-state index contributed by atoms with van der Waals surface area (Å²) in [5.41, 5.74) is 1.35. The van der Waals surface area contributed by atoms with E-state index in [0.29, 0.717) is 21.6 Å². The third-order valence-corrected chi connectivity index (χ3v) is 5.84. The summed E-state index contributed by atoms with van der Waals surface area (Å²) in [5, 5.41) is 13.2. The number of pyridine rings is 1. The van der Waals surface area contributed by atoms with Crippen molar-refractivity contribution in [2.75, 3.05) is 36.4 Å². The van der Waals surface area contributed by atoms with Crippen molar-refractivity contribution in [3.05, 3.63) is 54.1 Å². The van der Waals surface area contributed by atoms with Crippen molar-refractivity contribution in [3.63, 3.8) is 0 Å².